The maximum atomic E-state index is 11.9. The van der Waals surface area contributed by atoms with Gasteiger partial charge in [0, 0.05) is 32.1 Å². The lowest BCUT2D eigenvalue weighted by Gasteiger charge is -2.29. The molecule has 116 valence electrons. The molecule has 1 saturated heterocycles. The molecule has 0 unspecified atom stereocenters. The Morgan fingerprint density at radius 1 is 1.20 bits per heavy atom. The van der Waals surface area contributed by atoms with Gasteiger partial charge >= 0.3 is 0 Å². The minimum atomic E-state index is -0.318. The van der Waals surface area contributed by atoms with E-state index in [0.29, 0.717) is 18.3 Å². The number of nitrogens with one attached hydrogen (secondary N) is 1. The summed E-state index contributed by atoms with van der Waals surface area (Å²) in [6.07, 6.45) is 4.76. The fraction of sp³-hybridized carbons (Fsp3) is 0.867. The first-order valence-electron chi connectivity index (χ1n) is 7.55. The normalized spacial score (nSPS) is 20.1. The van der Waals surface area contributed by atoms with Crippen LogP contribution in [0.5, 0.6) is 0 Å². The summed E-state index contributed by atoms with van der Waals surface area (Å²) in [7, 11) is 0. The van der Waals surface area contributed by atoms with Crippen molar-refractivity contribution in [3.63, 3.8) is 0 Å². The summed E-state index contributed by atoms with van der Waals surface area (Å²) in [5, 5.41) is 3.27. The molecule has 1 aliphatic carbocycles. The Hall–Kier alpha value is -1.10. The molecule has 1 amide bonds. The van der Waals surface area contributed by atoms with E-state index in [1.807, 2.05) is 25.7 Å². The lowest BCUT2D eigenvalue weighted by Crippen LogP contribution is -2.48. The van der Waals surface area contributed by atoms with Crippen molar-refractivity contribution in [2.75, 3.05) is 26.2 Å². The molecular weight excluding hydrogens is 256 g/mol. The van der Waals surface area contributed by atoms with Crippen LogP contribution in [0.15, 0.2) is 0 Å². The second kappa shape index (κ2) is 8.25. The first kappa shape index (κ1) is 17.0. The van der Waals surface area contributed by atoms with Crippen molar-refractivity contribution in [3.05, 3.63) is 0 Å². The van der Waals surface area contributed by atoms with Crippen molar-refractivity contribution in [2.45, 2.75) is 52.1 Å². The number of rotatable bonds is 2. The number of nitrogens with zero attached hydrogens (tertiary/aromatic N) is 1. The topological polar surface area (TPSA) is 58.6 Å². The summed E-state index contributed by atoms with van der Waals surface area (Å²) < 4.78 is 4.55. The van der Waals surface area contributed by atoms with Gasteiger partial charge in [0.1, 0.15) is 5.60 Å². The van der Waals surface area contributed by atoms with Gasteiger partial charge in [-0.05, 0) is 33.6 Å². The minimum absolute atomic E-state index is 0.318. The summed E-state index contributed by atoms with van der Waals surface area (Å²) >= 11 is 0. The Balaban J connectivity index is 0.000000246. The fourth-order valence-electron chi connectivity index (χ4n) is 2.46. The van der Waals surface area contributed by atoms with Gasteiger partial charge in [0.05, 0.1) is 0 Å². The van der Waals surface area contributed by atoms with Gasteiger partial charge in [-0.15, -0.1) is 0 Å². The number of hydrogen-bond acceptors (Lipinski definition) is 4. The fourth-order valence-corrected chi connectivity index (χ4v) is 2.46. The zero-order chi connectivity index (χ0) is 15.0. The van der Waals surface area contributed by atoms with Crippen LogP contribution in [0.3, 0.4) is 0 Å². The van der Waals surface area contributed by atoms with E-state index in [2.05, 4.69) is 10.1 Å². The van der Waals surface area contributed by atoms with E-state index in [1.54, 1.807) is 0 Å². The number of hydrogen-bond donors (Lipinski definition) is 1. The zero-order valence-corrected chi connectivity index (χ0v) is 13.0. The average molecular weight is 284 g/mol. The summed E-state index contributed by atoms with van der Waals surface area (Å²) in [6.45, 7) is 9.69. The second-order valence-electron chi connectivity index (χ2n) is 6.38. The molecule has 2 fully saturated rings. The number of ether oxygens (including phenoxy) is 1. The van der Waals surface area contributed by atoms with Crippen molar-refractivity contribution in [3.8, 4) is 0 Å². The molecule has 1 aliphatic heterocycles. The monoisotopic (exact) mass is 284 g/mol. The Morgan fingerprint density at radius 2 is 1.75 bits per heavy atom. The van der Waals surface area contributed by atoms with Crippen LogP contribution in [0.1, 0.15) is 46.5 Å². The Labute approximate surface area is 122 Å². The highest BCUT2D eigenvalue weighted by molar-refractivity contribution is 5.79. The van der Waals surface area contributed by atoms with Crippen LogP contribution >= 0.6 is 0 Å². The van der Waals surface area contributed by atoms with Crippen LogP contribution in [-0.4, -0.2) is 49.1 Å². The van der Waals surface area contributed by atoms with E-state index in [4.69, 9.17) is 0 Å². The standard InChI is InChI=1S/C10H18N2O.C5H10O2/c13-10(9-3-1-2-4-9)12-7-5-11-6-8-12;1-5(2,3)7-4-6/h9,11H,1-8H2;4H,1-3H3. The van der Waals surface area contributed by atoms with Crippen LogP contribution in [0.25, 0.3) is 0 Å². The highest BCUT2D eigenvalue weighted by Gasteiger charge is 2.27. The molecule has 2 aliphatic rings. The quantitative estimate of drug-likeness (QED) is 0.782. The molecule has 1 N–H and O–H groups in total. The molecule has 2 rings (SSSR count). The van der Waals surface area contributed by atoms with Gasteiger partial charge in [-0.25, -0.2) is 0 Å². The molecular formula is C15H28N2O3. The molecule has 0 radical (unpaired) electrons. The zero-order valence-electron chi connectivity index (χ0n) is 13.0. The van der Waals surface area contributed by atoms with Crippen LogP contribution in [0, 0.1) is 5.92 Å². The van der Waals surface area contributed by atoms with Gasteiger partial charge < -0.3 is 15.0 Å². The predicted molar refractivity (Wildman–Crippen MR) is 78.3 cm³/mol. The van der Waals surface area contributed by atoms with Crippen molar-refractivity contribution in [1.29, 1.82) is 0 Å². The molecule has 0 aromatic heterocycles. The molecule has 0 aromatic rings. The summed E-state index contributed by atoms with van der Waals surface area (Å²) in [4.78, 5) is 23.5. The lowest BCUT2D eigenvalue weighted by molar-refractivity contribution is -0.138. The van der Waals surface area contributed by atoms with Crippen molar-refractivity contribution >= 4 is 12.4 Å². The van der Waals surface area contributed by atoms with E-state index >= 15 is 0 Å². The molecule has 0 aromatic carbocycles. The van der Waals surface area contributed by atoms with E-state index in [9.17, 15) is 9.59 Å². The third-order valence-electron chi connectivity index (χ3n) is 3.53. The van der Waals surface area contributed by atoms with Crippen molar-refractivity contribution in [1.82, 2.24) is 10.2 Å². The third kappa shape index (κ3) is 6.37. The third-order valence-corrected chi connectivity index (χ3v) is 3.53. The minimum Gasteiger partial charge on any atom is -0.462 e. The number of piperazine rings is 1. The first-order valence-corrected chi connectivity index (χ1v) is 7.55. The number of carbonyl (C=O) groups excluding carboxylic acids is 2. The van der Waals surface area contributed by atoms with Crippen LogP contribution in [-0.2, 0) is 14.3 Å². The molecule has 5 nitrogen and oxygen atoms in total. The Morgan fingerprint density at radius 3 is 2.15 bits per heavy atom. The number of carbonyl (C=O) groups is 2. The molecule has 0 atom stereocenters. The summed E-state index contributed by atoms with van der Waals surface area (Å²) in [6, 6.07) is 0. The maximum Gasteiger partial charge on any atom is 0.293 e. The van der Waals surface area contributed by atoms with E-state index in [1.165, 1.54) is 12.8 Å². The van der Waals surface area contributed by atoms with Gasteiger partial charge in [-0.3, -0.25) is 9.59 Å². The SMILES string of the molecule is CC(C)(C)OC=O.O=C(C1CCCC1)N1CCNCC1. The first-order chi connectivity index (χ1) is 9.44. The van der Waals surface area contributed by atoms with E-state index in [-0.39, 0.29) is 5.60 Å². The summed E-state index contributed by atoms with van der Waals surface area (Å²) in [5.41, 5.74) is -0.318. The largest absolute Gasteiger partial charge is 0.462 e. The van der Waals surface area contributed by atoms with Crippen molar-refractivity contribution < 1.29 is 14.3 Å². The van der Waals surface area contributed by atoms with Gasteiger partial charge in [0.25, 0.3) is 6.47 Å². The molecule has 0 bridgehead atoms. The highest BCUT2D eigenvalue weighted by atomic mass is 16.5. The highest BCUT2D eigenvalue weighted by Crippen LogP contribution is 2.26. The Kier molecular flexibility index (Phi) is 6.99. The molecule has 5 heteroatoms. The second-order valence-corrected chi connectivity index (χ2v) is 6.38. The molecule has 20 heavy (non-hydrogen) atoms. The summed E-state index contributed by atoms with van der Waals surface area (Å²) in [5.74, 6) is 0.775. The molecule has 0 spiro atoms. The Bertz CT molecular complexity index is 301. The van der Waals surface area contributed by atoms with E-state index in [0.717, 1.165) is 39.0 Å². The van der Waals surface area contributed by atoms with Gasteiger partial charge in [0.2, 0.25) is 5.91 Å². The van der Waals surface area contributed by atoms with E-state index < -0.39 is 0 Å². The van der Waals surface area contributed by atoms with Crippen LogP contribution < -0.4 is 5.32 Å². The number of amides is 1. The maximum absolute atomic E-state index is 11.9. The van der Waals surface area contributed by atoms with Crippen molar-refractivity contribution in [2.24, 2.45) is 5.92 Å². The molecule has 1 heterocycles. The van der Waals surface area contributed by atoms with Gasteiger partial charge in [-0.1, -0.05) is 12.8 Å². The van der Waals surface area contributed by atoms with Gasteiger partial charge in [0.15, 0.2) is 0 Å². The molecule has 1 saturated carbocycles. The predicted octanol–water partition coefficient (Wildman–Crippen LogP) is 1.57. The smallest absolute Gasteiger partial charge is 0.293 e. The van der Waals surface area contributed by atoms with Crippen LogP contribution in [0.2, 0.25) is 0 Å². The van der Waals surface area contributed by atoms with Crippen LogP contribution in [0.4, 0.5) is 0 Å². The van der Waals surface area contributed by atoms with Gasteiger partial charge in [-0.2, -0.15) is 0 Å². The lowest BCUT2D eigenvalue weighted by atomic mass is 10.1. The average Bonchev–Trinajstić information content (AvgIpc) is 2.92.